The largest absolute Gasteiger partial charge is 0.384 e. The summed E-state index contributed by atoms with van der Waals surface area (Å²) in [6.45, 7) is 1.33. The zero-order valence-corrected chi connectivity index (χ0v) is 23.3. The van der Waals surface area contributed by atoms with E-state index in [0.717, 1.165) is 6.07 Å². The lowest BCUT2D eigenvalue weighted by Crippen LogP contribution is -2.23. The van der Waals surface area contributed by atoms with Gasteiger partial charge in [0.15, 0.2) is 0 Å². The lowest BCUT2D eigenvalue weighted by Gasteiger charge is -2.15. The minimum atomic E-state index is -1.43. The van der Waals surface area contributed by atoms with Crippen molar-refractivity contribution < 1.29 is 18.8 Å². The summed E-state index contributed by atoms with van der Waals surface area (Å²) in [5.74, 6) is -2.33. The Bertz CT molecular complexity index is 1430. The molecule has 0 bridgehead atoms. The molecule has 2 amide bonds. The third-order valence-electron chi connectivity index (χ3n) is 6.17. The Balaban J connectivity index is 1.53. The van der Waals surface area contributed by atoms with E-state index in [0.29, 0.717) is 33.3 Å². The number of alkyl halides is 2. The minimum Gasteiger partial charge on any atom is -0.384 e. The Labute approximate surface area is 242 Å². The molecule has 0 aromatic heterocycles. The van der Waals surface area contributed by atoms with Crippen LogP contribution in [0.1, 0.15) is 28.8 Å². The van der Waals surface area contributed by atoms with Gasteiger partial charge in [0, 0.05) is 40.8 Å². The maximum absolute atomic E-state index is 14.3. The SMILES string of the molecule is CC(=O)Nc1ccc(F)c(NC(=O)c2cc(NCC3(C=O)C(c4cc(Cl)cc(Cl)c4)C3(Cl)Cl)ccc2Cl)c1. The van der Waals surface area contributed by atoms with Gasteiger partial charge in [0.05, 0.1) is 21.7 Å². The van der Waals surface area contributed by atoms with Gasteiger partial charge in [-0.1, -0.05) is 58.0 Å². The highest BCUT2D eigenvalue weighted by molar-refractivity contribution is 6.54. The summed E-state index contributed by atoms with van der Waals surface area (Å²) in [5.41, 5.74) is 0.0388. The Kier molecular flexibility index (Phi) is 8.17. The number of benzene rings is 3. The second kappa shape index (κ2) is 10.9. The number of aldehydes is 1. The number of amides is 2. The van der Waals surface area contributed by atoms with E-state index in [9.17, 15) is 18.8 Å². The molecule has 3 aromatic rings. The third-order valence-corrected chi connectivity index (χ3v) is 8.08. The van der Waals surface area contributed by atoms with E-state index >= 15 is 0 Å². The van der Waals surface area contributed by atoms with Gasteiger partial charge in [-0.25, -0.2) is 4.39 Å². The van der Waals surface area contributed by atoms with Crippen molar-refractivity contribution in [2.45, 2.75) is 17.2 Å². The summed E-state index contributed by atoms with van der Waals surface area (Å²) < 4.78 is 12.9. The fourth-order valence-electron chi connectivity index (χ4n) is 4.28. The van der Waals surface area contributed by atoms with Crippen molar-refractivity contribution in [3.63, 3.8) is 0 Å². The Hall–Kier alpha value is -2.55. The monoisotopic (exact) mass is 615 g/mol. The second-order valence-electron chi connectivity index (χ2n) is 8.80. The molecule has 3 aromatic carbocycles. The summed E-state index contributed by atoms with van der Waals surface area (Å²) in [7, 11) is 0. The molecule has 3 N–H and O–H groups in total. The number of halogens is 6. The van der Waals surface area contributed by atoms with Crippen LogP contribution in [-0.4, -0.2) is 29.0 Å². The van der Waals surface area contributed by atoms with E-state index in [1.54, 1.807) is 24.3 Å². The van der Waals surface area contributed by atoms with Gasteiger partial charge in [0.1, 0.15) is 16.4 Å². The van der Waals surface area contributed by atoms with Gasteiger partial charge < -0.3 is 20.7 Å². The zero-order chi connectivity index (χ0) is 27.8. The van der Waals surface area contributed by atoms with E-state index in [4.69, 9.17) is 58.0 Å². The van der Waals surface area contributed by atoms with E-state index in [-0.39, 0.29) is 28.7 Å². The van der Waals surface area contributed by atoms with E-state index in [1.165, 1.54) is 31.2 Å². The van der Waals surface area contributed by atoms with Crippen LogP contribution in [0.2, 0.25) is 15.1 Å². The summed E-state index contributed by atoms with van der Waals surface area (Å²) in [4.78, 5) is 36.5. The molecular weight excluding hydrogens is 599 g/mol. The fourth-order valence-corrected chi connectivity index (χ4v) is 6.00. The van der Waals surface area contributed by atoms with Gasteiger partial charge in [-0.05, 0) is 60.2 Å². The third kappa shape index (κ3) is 5.58. The molecule has 4 rings (SSSR count). The first-order chi connectivity index (χ1) is 17.9. The first-order valence-corrected chi connectivity index (χ1v) is 13.0. The summed E-state index contributed by atoms with van der Waals surface area (Å²) in [6.07, 6.45) is 0.688. The van der Waals surface area contributed by atoms with Gasteiger partial charge in [-0.3, -0.25) is 9.59 Å². The van der Waals surface area contributed by atoms with E-state index in [1.807, 2.05) is 0 Å². The van der Waals surface area contributed by atoms with Gasteiger partial charge in [-0.2, -0.15) is 0 Å². The number of anilines is 3. The fraction of sp³-hybridized carbons (Fsp3) is 0.192. The number of hydrogen-bond donors (Lipinski definition) is 3. The van der Waals surface area contributed by atoms with Crippen molar-refractivity contribution in [2.24, 2.45) is 5.41 Å². The summed E-state index contributed by atoms with van der Waals surface area (Å²) >= 11 is 31.6. The lowest BCUT2D eigenvalue weighted by molar-refractivity contribution is -0.114. The Morgan fingerprint density at radius 1 is 0.947 bits per heavy atom. The zero-order valence-electron chi connectivity index (χ0n) is 19.6. The first kappa shape index (κ1) is 28.5. The highest BCUT2D eigenvalue weighted by atomic mass is 35.5. The highest BCUT2D eigenvalue weighted by Crippen LogP contribution is 2.73. The van der Waals surface area contributed by atoms with Crippen LogP contribution in [0.5, 0.6) is 0 Å². The van der Waals surface area contributed by atoms with Crippen LogP contribution in [0.3, 0.4) is 0 Å². The van der Waals surface area contributed by atoms with Crippen LogP contribution >= 0.6 is 58.0 Å². The molecule has 1 saturated carbocycles. The molecule has 2 atom stereocenters. The predicted molar refractivity (Wildman–Crippen MR) is 151 cm³/mol. The lowest BCUT2D eigenvalue weighted by atomic mass is 10.00. The quantitative estimate of drug-likeness (QED) is 0.180. The number of carbonyl (C=O) groups is 3. The standard InChI is InChI=1S/C26H19Cl5FN3O3/c1-13(37)34-18-3-5-21(32)22(10-18)35-24(38)19-9-17(2-4-20(19)29)33-11-25(12-36)23(26(25,30)31)14-6-15(27)8-16(28)7-14/h2-10,12,23,33H,11H2,1H3,(H,34,37)(H,35,38). The average molecular weight is 618 g/mol. The number of rotatable bonds is 8. The maximum atomic E-state index is 14.3. The molecule has 1 fully saturated rings. The highest BCUT2D eigenvalue weighted by Gasteiger charge is 2.76. The van der Waals surface area contributed by atoms with Gasteiger partial charge in [0.2, 0.25) is 5.91 Å². The first-order valence-electron chi connectivity index (χ1n) is 11.1. The number of carbonyl (C=O) groups excluding carboxylic acids is 3. The second-order valence-corrected chi connectivity index (χ2v) is 11.5. The van der Waals surface area contributed by atoms with Crippen LogP contribution in [-0.2, 0) is 9.59 Å². The Morgan fingerprint density at radius 3 is 2.24 bits per heavy atom. The molecule has 198 valence electrons. The van der Waals surface area contributed by atoms with Crippen LogP contribution in [0.15, 0.2) is 54.6 Å². The molecule has 2 unspecified atom stereocenters. The molecule has 0 radical (unpaired) electrons. The molecular formula is C26H19Cl5FN3O3. The molecule has 6 nitrogen and oxygen atoms in total. The van der Waals surface area contributed by atoms with Crippen LogP contribution in [0.4, 0.5) is 21.5 Å². The topological polar surface area (TPSA) is 87.3 Å². The van der Waals surface area contributed by atoms with Crippen molar-refractivity contribution in [3.8, 4) is 0 Å². The molecule has 0 spiro atoms. The molecule has 0 aliphatic heterocycles. The maximum Gasteiger partial charge on any atom is 0.257 e. The molecule has 12 heteroatoms. The van der Waals surface area contributed by atoms with E-state index in [2.05, 4.69) is 16.0 Å². The summed E-state index contributed by atoms with van der Waals surface area (Å²) in [6, 6.07) is 13.1. The van der Waals surface area contributed by atoms with Crippen molar-refractivity contribution in [3.05, 3.63) is 86.6 Å². The molecule has 38 heavy (non-hydrogen) atoms. The predicted octanol–water partition coefficient (Wildman–Crippen LogP) is 7.57. The average Bonchev–Trinajstić information content (AvgIpc) is 3.34. The van der Waals surface area contributed by atoms with Crippen LogP contribution in [0.25, 0.3) is 0 Å². The van der Waals surface area contributed by atoms with E-state index < -0.39 is 27.4 Å². The molecule has 0 heterocycles. The molecule has 1 aliphatic carbocycles. The molecule has 0 saturated heterocycles. The minimum absolute atomic E-state index is 0.0222. The van der Waals surface area contributed by atoms with Crippen molar-refractivity contribution >= 4 is 93.2 Å². The molecule has 1 aliphatic rings. The number of nitrogens with one attached hydrogen (secondary N) is 3. The number of hydrogen-bond acceptors (Lipinski definition) is 4. The van der Waals surface area contributed by atoms with Crippen molar-refractivity contribution in [1.29, 1.82) is 0 Å². The van der Waals surface area contributed by atoms with Gasteiger partial charge in [0.25, 0.3) is 5.91 Å². The van der Waals surface area contributed by atoms with Crippen LogP contribution < -0.4 is 16.0 Å². The van der Waals surface area contributed by atoms with Gasteiger partial charge in [-0.15, -0.1) is 0 Å². The smallest absolute Gasteiger partial charge is 0.257 e. The normalized spacial score (nSPS) is 19.4. The summed E-state index contributed by atoms with van der Waals surface area (Å²) in [5, 5.41) is 8.93. The van der Waals surface area contributed by atoms with Crippen molar-refractivity contribution in [1.82, 2.24) is 0 Å². The Morgan fingerprint density at radius 2 is 1.61 bits per heavy atom. The van der Waals surface area contributed by atoms with Gasteiger partial charge >= 0.3 is 0 Å². The van der Waals surface area contributed by atoms with Crippen LogP contribution in [0, 0.1) is 11.2 Å². The van der Waals surface area contributed by atoms with Crippen molar-refractivity contribution in [2.75, 3.05) is 22.5 Å².